The minimum Gasteiger partial charge on any atom is -0.460 e. The van der Waals surface area contributed by atoms with Crippen LogP contribution in [0.15, 0.2) is 60.9 Å². The molecule has 0 heterocycles. The SMILES string of the molecule is C=C(COCCOCCOCCOCCOCCOCCCN(CCOCCOCCOCCOCCOCCC(=O)OC(C)(C)C)C(=O)OCC1c2ccccc2-c2ccccc21)OOC(C)(C)C. The molecular weight excluding hydrogens is 911 g/mol. The second-order valence-corrected chi connectivity index (χ2v) is 18.0. The van der Waals surface area contributed by atoms with Gasteiger partial charge in [0.2, 0.25) is 0 Å². The lowest BCUT2D eigenvalue weighted by Gasteiger charge is -2.23. The molecule has 0 unspecified atom stereocenters. The van der Waals surface area contributed by atoms with Crippen molar-refractivity contribution >= 4 is 12.1 Å². The van der Waals surface area contributed by atoms with Crippen molar-refractivity contribution in [2.45, 2.75) is 71.5 Å². The van der Waals surface area contributed by atoms with Gasteiger partial charge in [0.15, 0.2) is 5.76 Å². The molecule has 0 fully saturated rings. The van der Waals surface area contributed by atoms with E-state index in [1.54, 1.807) is 4.90 Å². The Bertz CT molecular complexity index is 1640. The highest BCUT2D eigenvalue weighted by atomic mass is 17.2. The topological polar surface area (TPSA) is 176 Å². The monoisotopic (exact) mass is 994 g/mol. The van der Waals surface area contributed by atoms with Crippen LogP contribution in [0, 0.1) is 0 Å². The van der Waals surface area contributed by atoms with Gasteiger partial charge in [-0.2, -0.15) is 4.89 Å². The number of hydrogen-bond acceptors (Lipinski definition) is 17. The van der Waals surface area contributed by atoms with E-state index in [1.165, 1.54) is 11.1 Å². The average molecular weight is 994 g/mol. The first kappa shape index (κ1) is 60.5. The Balaban J connectivity index is 1.20. The van der Waals surface area contributed by atoms with Crippen LogP contribution >= 0.6 is 0 Å². The first-order chi connectivity index (χ1) is 33.8. The lowest BCUT2D eigenvalue weighted by molar-refractivity contribution is -0.324. The predicted octanol–water partition coefficient (Wildman–Crippen LogP) is 6.80. The summed E-state index contributed by atoms with van der Waals surface area (Å²) in [4.78, 5) is 37.2. The van der Waals surface area contributed by atoms with E-state index in [2.05, 4.69) is 30.8 Å². The van der Waals surface area contributed by atoms with Gasteiger partial charge in [-0.25, -0.2) is 4.79 Å². The zero-order valence-electron chi connectivity index (χ0n) is 42.9. The van der Waals surface area contributed by atoms with Crippen molar-refractivity contribution < 1.29 is 80.9 Å². The van der Waals surface area contributed by atoms with Gasteiger partial charge in [-0.1, -0.05) is 55.1 Å². The fourth-order valence-corrected chi connectivity index (χ4v) is 6.54. The van der Waals surface area contributed by atoms with Gasteiger partial charge >= 0.3 is 12.1 Å². The Labute approximate surface area is 416 Å². The van der Waals surface area contributed by atoms with Gasteiger partial charge in [0.25, 0.3) is 0 Å². The molecule has 18 heteroatoms. The summed E-state index contributed by atoms with van der Waals surface area (Å²) in [6.07, 6.45) is 0.428. The molecule has 0 bridgehead atoms. The molecule has 0 atom stereocenters. The van der Waals surface area contributed by atoms with E-state index in [9.17, 15) is 9.59 Å². The third-order valence-corrected chi connectivity index (χ3v) is 9.71. The molecule has 1 amide bonds. The molecule has 70 heavy (non-hydrogen) atoms. The molecule has 0 spiro atoms. The number of benzene rings is 2. The number of fused-ring (bicyclic) bond motifs is 3. The van der Waals surface area contributed by atoms with Crippen molar-refractivity contribution in [3.8, 4) is 11.1 Å². The van der Waals surface area contributed by atoms with Crippen molar-refractivity contribution in [2.24, 2.45) is 0 Å². The van der Waals surface area contributed by atoms with Crippen molar-refractivity contribution in [2.75, 3.05) is 165 Å². The average Bonchev–Trinajstić information content (AvgIpc) is 3.64. The fourth-order valence-electron chi connectivity index (χ4n) is 6.54. The largest absolute Gasteiger partial charge is 0.460 e. The Morgan fingerprint density at radius 2 is 0.900 bits per heavy atom. The second-order valence-electron chi connectivity index (χ2n) is 18.0. The zero-order chi connectivity index (χ0) is 50.6. The molecule has 398 valence electrons. The van der Waals surface area contributed by atoms with Gasteiger partial charge in [0.1, 0.15) is 24.4 Å². The van der Waals surface area contributed by atoms with Gasteiger partial charge in [0.05, 0.1) is 139 Å². The maximum Gasteiger partial charge on any atom is 0.409 e. The minimum absolute atomic E-state index is 0.0379. The third-order valence-electron chi connectivity index (χ3n) is 9.71. The number of hydrogen-bond donors (Lipinski definition) is 0. The summed E-state index contributed by atoms with van der Waals surface area (Å²) in [6, 6.07) is 16.5. The van der Waals surface area contributed by atoms with Crippen molar-refractivity contribution in [3.05, 3.63) is 72.0 Å². The number of rotatable bonds is 43. The third kappa shape index (κ3) is 29.6. The quantitative estimate of drug-likeness (QED) is 0.0223. The molecular formula is C52H83NO17. The van der Waals surface area contributed by atoms with Crippen LogP contribution < -0.4 is 0 Å². The summed E-state index contributed by atoms with van der Waals surface area (Å²) in [5.74, 6) is 0.0785. The Morgan fingerprint density at radius 3 is 1.34 bits per heavy atom. The van der Waals surface area contributed by atoms with E-state index in [4.69, 9.17) is 71.4 Å². The highest BCUT2D eigenvalue weighted by Crippen LogP contribution is 2.44. The summed E-state index contributed by atoms with van der Waals surface area (Å²) in [6.45, 7) is 24.9. The van der Waals surface area contributed by atoms with Crippen LogP contribution in [0.3, 0.4) is 0 Å². The fraction of sp³-hybridized carbons (Fsp3) is 0.692. The van der Waals surface area contributed by atoms with Gasteiger partial charge in [0, 0.05) is 25.6 Å². The molecule has 2 aromatic carbocycles. The zero-order valence-corrected chi connectivity index (χ0v) is 42.9. The highest BCUT2D eigenvalue weighted by Gasteiger charge is 2.30. The highest BCUT2D eigenvalue weighted by molar-refractivity contribution is 5.79. The normalized spacial score (nSPS) is 12.5. The number of esters is 1. The van der Waals surface area contributed by atoms with Crippen LogP contribution in [0.1, 0.15) is 71.4 Å². The summed E-state index contributed by atoms with van der Waals surface area (Å²) < 4.78 is 72.7. The number of amides is 1. The van der Waals surface area contributed by atoms with E-state index in [0.717, 1.165) is 11.1 Å². The number of nitrogens with zero attached hydrogens (tertiary/aromatic N) is 1. The lowest BCUT2D eigenvalue weighted by atomic mass is 9.98. The maximum absolute atomic E-state index is 13.5. The molecule has 0 saturated carbocycles. The van der Waals surface area contributed by atoms with Gasteiger partial charge in [-0.05, 0) is 70.2 Å². The Kier molecular flexibility index (Phi) is 32.0. The van der Waals surface area contributed by atoms with Gasteiger partial charge in [-0.15, -0.1) is 0 Å². The van der Waals surface area contributed by atoms with Crippen LogP contribution in [-0.4, -0.2) is 193 Å². The summed E-state index contributed by atoms with van der Waals surface area (Å²) >= 11 is 0. The van der Waals surface area contributed by atoms with Crippen LogP contribution in [0.25, 0.3) is 11.1 Å². The van der Waals surface area contributed by atoms with Crippen LogP contribution in [0.2, 0.25) is 0 Å². The molecule has 18 nitrogen and oxygen atoms in total. The standard InChI is InChI=1S/C52H83NO17/c1-43(69-70-52(5,6)7)41-66-40-39-65-38-37-64-36-35-62-32-29-59-26-23-56-20-12-18-53(50(55)67-42-48-46-15-10-8-13-44(46)45-14-9-11-16-47(45)48)19-22-58-25-28-61-31-34-63-33-30-60-27-24-57-21-17-49(54)68-51(2,3)4/h8-11,13-16,48H,1,12,17-42H2,2-7H3. The predicted molar refractivity (Wildman–Crippen MR) is 262 cm³/mol. The first-order valence-corrected chi connectivity index (χ1v) is 24.5. The first-order valence-electron chi connectivity index (χ1n) is 24.5. The summed E-state index contributed by atoms with van der Waals surface area (Å²) in [5, 5.41) is 0. The van der Waals surface area contributed by atoms with Gasteiger partial charge < -0.3 is 71.4 Å². The van der Waals surface area contributed by atoms with E-state index in [1.807, 2.05) is 65.8 Å². The summed E-state index contributed by atoms with van der Waals surface area (Å²) in [5.41, 5.74) is 3.75. The van der Waals surface area contributed by atoms with Crippen molar-refractivity contribution in [3.63, 3.8) is 0 Å². The van der Waals surface area contributed by atoms with E-state index in [-0.39, 0.29) is 31.5 Å². The van der Waals surface area contributed by atoms with Crippen molar-refractivity contribution in [1.29, 1.82) is 0 Å². The van der Waals surface area contributed by atoms with Crippen LogP contribution in [0.5, 0.6) is 0 Å². The van der Waals surface area contributed by atoms with Crippen molar-refractivity contribution in [1.82, 2.24) is 4.90 Å². The van der Waals surface area contributed by atoms with Gasteiger partial charge in [-0.3, -0.25) is 4.79 Å². The number of ether oxygens (including phenoxy) is 13. The number of carbonyl (C=O) groups is 2. The molecule has 0 radical (unpaired) electrons. The second kappa shape index (κ2) is 37.1. The molecule has 0 N–H and O–H groups in total. The molecule has 1 aliphatic rings. The van der Waals surface area contributed by atoms with Crippen LogP contribution in [0.4, 0.5) is 4.79 Å². The molecule has 2 aromatic rings. The molecule has 0 aromatic heterocycles. The lowest BCUT2D eigenvalue weighted by Crippen LogP contribution is -2.36. The Morgan fingerprint density at radius 1 is 0.500 bits per heavy atom. The molecule has 3 rings (SSSR count). The van der Waals surface area contributed by atoms with E-state index >= 15 is 0 Å². The number of carbonyl (C=O) groups excluding carboxylic acids is 2. The van der Waals surface area contributed by atoms with E-state index in [0.29, 0.717) is 164 Å². The molecule has 0 saturated heterocycles. The summed E-state index contributed by atoms with van der Waals surface area (Å²) in [7, 11) is 0. The maximum atomic E-state index is 13.5. The van der Waals surface area contributed by atoms with Crippen LogP contribution in [-0.2, 0) is 76.1 Å². The Hall–Kier alpha value is -3.76. The molecule has 1 aliphatic carbocycles. The minimum atomic E-state index is -0.499. The smallest absolute Gasteiger partial charge is 0.409 e. The van der Waals surface area contributed by atoms with E-state index < -0.39 is 17.3 Å². The molecule has 0 aliphatic heterocycles.